The Hall–Kier alpha value is -9.66. The van der Waals surface area contributed by atoms with Crippen molar-refractivity contribution in [3.63, 3.8) is 0 Å². The van der Waals surface area contributed by atoms with Gasteiger partial charge in [0.05, 0.1) is 61.6 Å². The van der Waals surface area contributed by atoms with Crippen molar-refractivity contribution in [2.75, 3.05) is 89.2 Å². The normalized spacial score (nSPS) is 15.7. The van der Waals surface area contributed by atoms with Gasteiger partial charge in [0.25, 0.3) is 11.8 Å². The molecule has 2 fully saturated rings. The zero-order valence-corrected chi connectivity index (χ0v) is 56.7. The fourth-order valence-electron chi connectivity index (χ4n) is 12.5. The van der Waals surface area contributed by atoms with Crippen LogP contribution in [-0.2, 0) is 51.1 Å². The highest BCUT2D eigenvalue weighted by Gasteiger charge is 2.40. The van der Waals surface area contributed by atoms with Crippen molar-refractivity contribution in [1.82, 2.24) is 20.4 Å². The second-order valence-electron chi connectivity index (χ2n) is 23.6. The van der Waals surface area contributed by atoms with Gasteiger partial charge in [-0.05, 0) is 171 Å². The first-order valence-electron chi connectivity index (χ1n) is 33.0. The molecule has 6 atom stereocenters. The minimum absolute atomic E-state index is 0.0856. The first-order valence-corrected chi connectivity index (χ1v) is 33.0. The van der Waals surface area contributed by atoms with E-state index in [1.807, 2.05) is 92.7 Å². The van der Waals surface area contributed by atoms with E-state index in [-0.39, 0.29) is 38.1 Å². The maximum Gasteiger partial charge on any atom is 0.329 e. The third-order valence-electron chi connectivity index (χ3n) is 17.6. The van der Waals surface area contributed by atoms with Crippen LogP contribution in [0.2, 0.25) is 0 Å². The number of piperidine rings is 2. The summed E-state index contributed by atoms with van der Waals surface area (Å²) < 4.78 is 63.7. The molecule has 0 aromatic heterocycles. The zero-order valence-electron chi connectivity index (χ0n) is 56.7. The van der Waals surface area contributed by atoms with E-state index in [1.54, 1.807) is 86.8 Å². The van der Waals surface area contributed by atoms with Gasteiger partial charge in [0, 0.05) is 26.2 Å². The van der Waals surface area contributed by atoms with Gasteiger partial charge in [-0.2, -0.15) is 0 Å². The molecule has 8 rings (SSSR count). The molecule has 21 heteroatoms. The van der Waals surface area contributed by atoms with Crippen molar-refractivity contribution in [2.24, 2.45) is 0 Å². The molecule has 4 amide bonds. The van der Waals surface area contributed by atoms with Crippen molar-refractivity contribution in [1.29, 1.82) is 0 Å². The van der Waals surface area contributed by atoms with Crippen LogP contribution in [-0.4, -0.2) is 147 Å². The summed E-state index contributed by atoms with van der Waals surface area (Å²) in [7, 11) is 10.8. The number of benzene rings is 6. The Kier molecular flexibility index (Phi) is 27.3. The van der Waals surface area contributed by atoms with E-state index >= 15 is 0 Å². The average Bonchev–Trinajstić information content (AvgIpc) is 0.807. The van der Waals surface area contributed by atoms with Crippen LogP contribution in [0.15, 0.2) is 127 Å². The highest BCUT2D eigenvalue weighted by Crippen LogP contribution is 2.42. The molecule has 0 saturated carbocycles. The molecule has 0 bridgehead atoms. The molecular formula is C75H92N4O17. The fraction of sp³-hybridized carbons (Fsp3) is 0.440. The SMILES string of the molecule is CC[C@H](C(=O)N1CCCC[C@H]1C(=O)O[C@H](CCc1ccc(OC)c(OC)c1)c1cccc(OCC(=O)NCCNC(=O)COc2cccc([C@@H](CCc3ccc(OC)c(OC)c3)OC(=O)[C@@H]3CCCCN3C(=O)[C@@H](CC)c3cc(OC)c(OC)c(OC)c3)c2)c1)c1ccccc1. The number of likely N-dealkylation sites (tertiary alicyclic amines) is 2. The largest absolute Gasteiger partial charge is 0.493 e. The van der Waals surface area contributed by atoms with Crippen molar-refractivity contribution in [3.8, 4) is 51.7 Å². The molecule has 6 aromatic rings. The Morgan fingerprint density at radius 2 is 0.854 bits per heavy atom. The summed E-state index contributed by atoms with van der Waals surface area (Å²) in [5, 5.41) is 5.55. The van der Waals surface area contributed by atoms with Crippen molar-refractivity contribution >= 4 is 35.6 Å². The molecule has 2 N–H and O–H groups in total. The number of esters is 2. The van der Waals surface area contributed by atoms with E-state index in [4.69, 9.17) is 52.1 Å². The van der Waals surface area contributed by atoms with E-state index in [0.29, 0.717) is 133 Å². The van der Waals surface area contributed by atoms with E-state index in [2.05, 4.69) is 10.6 Å². The van der Waals surface area contributed by atoms with Crippen molar-refractivity contribution in [3.05, 3.63) is 161 Å². The number of nitrogens with zero attached hydrogens (tertiary/aromatic N) is 2. The molecule has 2 heterocycles. The Morgan fingerprint density at radius 3 is 1.26 bits per heavy atom. The number of methoxy groups -OCH3 is 7. The number of nitrogens with one attached hydrogen (secondary N) is 2. The maximum atomic E-state index is 14.6. The number of rotatable bonds is 34. The van der Waals surface area contributed by atoms with Crippen LogP contribution in [0.3, 0.4) is 0 Å². The van der Waals surface area contributed by atoms with Gasteiger partial charge < -0.3 is 72.5 Å². The highest BCUT2D eigenvalue weighted by molar-refractivity contribution is 5.90. The van der Waals surface area contributed by atoms with E-state index < -0.39 is 59.9 Å². The topological polar surface area (TPSA) is 234 Å². The molecule has 0 aliphatic carbocycles. The number of ether oxygens (including phenoxy) is 11. The Bertz CT molecular complexity index is 3540. The average molecular weight is 1320 g/mol. The fourth-order valence-corrected chi connectivity index (χ4v) is 12.5. The molecule has 514 valence electrons. The van der Waals surface area contributed by atoms with Crippen LogP contribution in [0.5, 0.6) is 51.7 Å². The van der Waals surface area contributed by atoms with Crippen molar-refractivity contribution < 1.29 is 80.9 Å². The van der Waals surface area contributed by atoms with E-state index in [1.165, 1.54) is 21.3 Å². The molecule has 0 unspecified atom stereocenters. The molecule has 2 saturated heterocycles. The summed E-state index contributed by atoms with van der Waals surface area (Å²) in [5.74, 6) is 1.00. The smallest absolute Gasteiger partial charge is 0.329 e. The van der Waals surface area contributed by atoms with Crippen molar-refractivity contribution in [2.45, 2.75) is 127 Å². The standard InChI is InChI=1S/C75H92N4O17/c1-10-57(51-21-13-12-14-22-51)72(82)78-39-17-15-27-59(78)74(84)95-61(33-29-49-31-35-63(86-3)65(41-49)88-5)52-23-19-25-55(43-52)93-47-69(80)76-37-38-77-70(81)48-94-56-26-20-24-53(44-56)62(34-30-50-32-36-64(87-4)66(42-50)89-6)96-75(85)60-28-16-18-40-79(60)73(83)58(11-2)54-45-67(90-7)71(92-9)68(46-54)91-8/h12-14,19-26,31-32,35-36,41-46,57-62H,10-11,15-18,27-30,33-34,37-40,47-48H2,1-9H3,(H,76,80)(H,77,81)/t57-,58-,59-,60-,61+,62+/m0/s1. The lowest BCUT2D eigenvalue weighted by atomic mass is 9.91. The minimum Gasteiger partial charge on any atom is -0.493 e. The van der Waals surface area contributed by atoms with Gasteiger partial charge in [-0.3, -0.25) is 19.2 Å². The lowest BCUT2D eigenvalue weighted by Gasteiger charge is -2.37. The lowest BCUT2D eigenvalue weighted by Crippen LogP contribution is -2.50. The Morgan fingerprint density at radius 1 is 0.438 bits per heavy atom. The molecule has 2 aliphatic rings. The second kappa shape index (κ2) is 36.3. The number of hydrogen-bond acceptors (Lipinski definition) is 17. The van der Waals surface area contributed by atoms with E-state index in [9.17, 15) is 28.8 Å². The molecule has 6 aromatic carbocycles. The maximum absolute atomic E-state index is 14.6. The number of carbonyl (C=O) groups excluding carboxylic acids is 6. The number of carbonyl (C=O) groups is 6. The van der Waals surface area contributed by atoms with Crippen LogP contribution >= 0.6 is 0 Å². The van der Waals surface area contributed by atoms with Crippen LogP contribution < -0.4 is 53.3 Å². The van der Waals surface area contributed by atoms with E-state index in [0.717, 1.165) is 42.4 Å². The number of hydrogen-bond donors (Lipinski definition) is 2. The molecule has 0 spiro atoms. The van der Waals surface area contributed by atoms with Crippen LogP contribution in [0.1, 0.15) is 135 Å². The predicted octanol–water partition coefficient (Wildman–Crippen LogP) is 11.0. The number of amides is 4. The quantitative estimate of drug-likeness (QED) is 0.0282. The zero-order chi connectivity index (χ0) is 68.5. The summed E-state index contributed by atoms with van der Waals surface area (Å²) in [4.78, 5) is 87.6. The summed E-state index contributed by atoms with van der Waals surface area (Å²) in [5.41, 5.74) is 4.66. The Balaban J connectivity index is 0.873. The van der Waals surface area contributed by atoms with Gasteiger partial charge in [-0.15, -0.1) is 0 Å². The monoisotopic (exact) mass is 1320 g/mol. The lowest BCUT2D eigenvalue weighted by molar-refractivity contribution is -0.162. The molecule has 2 aliphatic heterocycles. The van der Waals surface area contributed by atoms with Crippen LogP contribution in [0, 0.1) is 0 Å². The van der Waals surface area contributed by atoms with Gasteiger partial charge in [-0.1, -0.05) is 80.6 Å². The number of aryl methyl sites for hydroxylation is 2. The molecular weight excluding hydrogens is 1230 g/mol. The third-order valence-corrected chi connectivity index (χ3v) is 17.6. The summed E-state index contributed by atoms with van der Waals surface area (Å²) in [6.07, 6.45) is 5.06. The molecule has 21 nitrogen and oxygen atoms in total. The predicted molar refractivity (Wildman–Crippen MR) is 361 cm³/mol. The van der Waals surface area contributed by atoms with Crippen LogP contribution in [0.4, 0.5) is 0 Å². The first-order chi connectivity index (χ1) is 46.7. The minimum atomic E-state index is -0.852. The van der Waals surface area contributed by atoms with Gasteiger partial charge in [0.1, 0.15) is 35.8 Å². The van der Waals surface area contributed by atoms with Gasteiger partial charge in [0.15, 0.2) is 47.7 Å². The summed E-state index contributed by atoms with van der Waals surface area (Å²) in [6, 6.07) is 36.9. The summed E-state index contributed by atoms with van der Waals surface area (Å²) in [6.45, 7) is 4.19. The van der Waals surface area contributed by atoms with Gasteiger partial charge in [0.2, 0.25) is 17.6 Å². The Labute approximate surface area is 563 Å². The van der Waals surface area contributed by atoms with Gasteiger partial charge >= 0.3 is 11.9 Å². The highest BCUT2D eigenvalue weighted by atomic mass is 16.6. The van der Waals surface area contributed by atoms with Crippen LogP contribution in [0.25, 0.3) is 0 Å². The molecule has 96 heavy (non-hydrogen) atoms. The third kappa shape index (κ3) is 19.1. The second-order valence-corrected chi connectivity index (χ2v) is 23.6. The first kappa shape index (κ1) is 72.2. The summed E-state index contributed by atoms with van der Waals surface area (Å²) >= 11 is 0. The molecule has 0 radical (unpaired) electrons. The van der Waals surface area contributed by atoms with Gasteiger partial charge in [-0.25, -0.2) is 9.59 Å².